The summed E-state index contributed by atoms with van der Waals surface area (Å²) in [6, 6.07) is 10.8. The Hall–Kier alpha value is -2.07. The molecule has 3 N–H and O–H groups in total. The van der Waals surface area contributed by atoms with E-state index in [0.717, 1.165) is 5.56 Å². The van der Waals surface area contributed by atoms with Crippen molar-refractivity contribution in [1.82, 2.24) is 4.98 Å². The largest absolute Gasteiger partial charge is 0.365 e. The monoisotopic (exact) mass is 275 g/mol. The number of anilines is 1. The predicted octanol–water partition coefficient (Wildman–Crippen LogP) is 3.01. The van der Waals surface area contributed by atoms with Crippen molar-refractivity contribution in [3.05, 3.63) is 58.7 Å². The van der Waals surface area contributed by atoms with Crippen LogP contribution < -0.4 is 11.1 Å². The summed E-state index contributed by atoms with van der Waals surface area (Å²) in [5, 5.41) is 3.86. The molecule has 0 radical (unpaired) electrons. The number of hydrogen-bond donors (Lipinski definition) is 2. The molecular weight excluding hydrogens is 262 g/mol. The zero-order valence-electron chi connectivity index (χ0n) is 10.4. The van der Waals surface area contributed by atoms with Crippen molar-refractivity contribution in [1.29, 1.82) is 0 Å². The van der Waals surface area contributed by atoms with Crippen LogP contribution in [-0.2, 0) is 0 Å². The zero-order valence-corrected chi connectivity index (χ0v) is 11.2. The average Bonchev–Trinajstić information content (AvgIpc) is 2.39. The number of hydrogen-bond acceptors (Lipinski definition) is 3. The van der Waals surface area contributed by atoms with Crippen molar-refractivity contribution >= 4 is 23.3 Å². The van der Waals surface area contributed by atoms with Crippen LogP contribution in [0.2, 0.25) is 5.02 Å². The minimum atomic E-state index is -0.501. The van der Waals surface area contributed by atoms with Crippen molar-refractivity contribution in [3.63, 3.8) is 0 Å². The molecule has 1 heterocycles. The molecular formula is C14H14ClN3O. The van der Waals surface area contributed by atoms with Crippen molar-refractivity contribution in [3.8, 4) is 0 Å². The van der Waals surface area contributed by atoms with Gasteiger partial charge in [0.15, 0.2) is 0 Å². The van der Waals surface area contributed by atoms with Gasteiger partial charge in [0.25, 0.3) is 5.91 Å². The third-order valence-electron chi connectivity index (χ3n) is 2.80. The number of carbonyl (C=O) groups is 1. The van der Waals surface area contributed by atoms with E-state index in [2.05, 4.69) is 10.3 Å². The molecule has 0 bridgehead atoms. The van der Waals surface area contributed by atoms with E-state index in [1.165, 1.54) is 0 Å². The van der Waals surface area contributed by atoms with E-state index < -0.39 is 5.91 Å². The Morgan fingerprint density at radius 2 is 2.00 bits per heavy atom. The van der Waals surface area contributed by atoms with Gasteiger partial charge in [0.05, 0.1) is 5.56 Å². The Kier molecular flexibility index (Phi) is 4.02. The lowest BCUT2D eigenvalue weighted by atomic mass is 10.1. The van der Waals surface area contributed by atoms with Gasteiger partial charge in [-0.25, -0.2) is 4.98 Å². The Balaban J connectivity index is 2.21. The maximum absolute atomic E-state index is 11.3. The highest BCUT2D eigenvalue weighted by Crippen LogP contribution is 2.21. The highest BCUT2D eigenvalue weighted by Gasteiger charge is 2.12. The van der Waals surface area contributed by atoms with Gasteiger partial charge in [-0.2, -0.15) is 0 Å². The maximum Gasteiger partial charge on any atom is 0.252 e. The molecule has 0 aliphatic rings. The van der Waals surface area contributed by atoms with Crippen LogP contribution in [0.1, 0.15) is 28.9 Å². The third kappa shape index (κ3) is 3.23. The molecule has 1 amide bonds. The lowest BCUT2D eigenvalue weighted by Gasteiger charge is -2.16. The standard InChI is InChI=1S/C14H14ClN3O/c1-9(10-4-6-11(15)7-5-10)18-14-12(13(16)19)3-2-8-17-14/h2-9H,1H3,(H2,16,19)(H,17,18). The fourth-order valence-electron chi connectivity index (χ4n) is 1.76. The first kappa shape index (κ1) is 13.4. The summed E-state index contributed by atoms with van der Waals surface area (Å²) in [4.78, 5) is 15.5. The van der Waals surface area contributed by atoms with Gasteiger partial charge in [-0.3, -0.25) is 4.79 Å². The SMILES string of the molecule is CC(Nc1ncccc1C(N)=O)c1ccc(Cl)cc1. The van der Waals surface area contributed by atoms with Gasteiger partial charge in [0, 0.05) is 17.3 Å². The van der Waals surface area contributed by atoms with Crippen LogP contribution in [0.15, 0.2) is 42.6 Å². The first-order valence-electron chi connectivity index (χ1n) is 5.84. The average molecular weight is 276 g/mol. The van der Waals surface area contributed by atoms with Gasteiger partial charge in [-0.1, -0.05) is 23.7 Å². The summed E-state index contributed by atoms with van der Waals surface area (Å²) in [7, 11) is 0. The van der Waals surface area contributed by atoms with Crippen LogP contribution in [0.3, 0.4) is 0 Å². The topological polar surface area (TPSA) is 68.0 Å². The highest BCUT2D eigenvalue weighted by atomic mass is 35.5. The van der Waals surface area contributed by atoms with E-state index >= 15 is 0 Å². The number of benzene rings is 1. The summed E-state index contributed by atoms with van der Waals surface area (Å²) in [6.45, 7) is 1.97. The number of halogens is 1. The molecule has 2 aromatic rings. The van der Waals surface area contributed by atoms with Crippen LogP contribution in [0.5, 0.6) is 0 Å². The quantitative estimate of drug-likeness (QED) is 0.901. The smallest absolute Gasteiger partial charge is 0.252 e. The van der Waals surface area contributed by atoms with Gasteiger partial charge >= 0.3 is 0 Å². The highest BCUT2D eigenvalue weighted by molar-refractivity contribution is 6.30. The number of primary amides is 1. The Bertz CT molecular complexity index is 583. The number of rotatable bonds is 4. The van der Waals surface area contributed by atoms with Gasteiger partial charge < -0.3 is 11.1 Å². The molecule has 1 aromatic carbocycles. The van der Waals surface area contributed by atoms with Crippen LogP contribution in [0.4, 0.5) is 5.82 Å². The molecule has 0 saturated carbocycles. The number of aromatic nitrogens is 1. The fraction of sp³-hybridized carbons (Fsp3) is 0.143. The summed E-state index contributed by atoms with van der Waals surface area (Å²) < 4.78 is 0. The van der Waals surface area contributed by atoms with Crippen LogP contribution >= 0.6 is 11.6 Å². The van der Waals surface area contributed by atoms with Crippen LogP contribution in [0.25, 0.3) is 0 Å². The molecule has 98 valence electrons. The van der Waals surface area contributed by atoms with E-state index in [1.54, 1.807) is 18.3 Å². The molecule has 0 saturated heterocycles. The Morgan fingerprint density at radius 1 is 1.32 bits per heavy atom. The van der Waals surface area contributed by atoms with Crippen LogP contribution in [0, 0.1) is 0 Å². The van der Waals surface area contributed by atoms with Crippen LogP contribution in [-0.4, -0.2) is 10.9 Å². The lowest BCUT2D eigenvalue weighted by Crippen LogP contribution is -2.17. The molecule has 4 nitrogen and oxygen atoms in total. The number of nitrogens with one attached hydrogen (secondary N) is 1. The third-order valence-corrected chi connectivity index (χ3v) is 3.05. The second-order valence-electron chi connectivity index (χ2n) is 4.18. The van der Waals surface area contributed by atoms with Gasteiger partial charge in [0.1, 0.15) is 5.82 Å². The van der Waals surface area contributed by atoms with E-state index in [0.29, 0.717) is 16.4 Å². The zero-order chi connectivity index (χ0) is 13.8. The first-order chi connectivity index (χ1) is 9.08. The number of nitrogens with zero attached hydrogens (tertiary/aromatic N) is 1. The molecule has 0 spiro atoms. The molecule has 2 rings (SSSR count). The number of nitrogens with two attached hydrogens (primary N) is 1. The number of carbonyl (C=O) groups excluding carboxylic acids is 1. The van der Waals surface area contributed by atoms with E-state index in [1.807, 2.05) is 31.2 Å². The normalized spacial score (nSPS) is 11.9. The second kappa shape index (κ2) is 5.71. The number of pyridine rings is 1. The molecule has 5 heteroatoms. The Morgan fingerprint density at radius 3 is 2.63 bits per heavy atom. The van der Waals surface area contributed by atoms with E-state index in [-0.39, 0.29) is 6.04 Å². The van der Waals surface area contributed by atoms with Crippen molar-refractivity contribution in [2.45, 2.75) is 13.0 Å². The fourth-order valence-corrected chi connectivity index (χ4v) is 1.89. The Labute approximate surface area is 116 Å². The first-order valence-corrected chi connectivity index (χ1v) is 6.22. The van der Waals surface area contributed by atoms with Gasteiger partial charge in [-0.05, 0) is 36.8 Å². The van der Waals surface area contributed by atoms with Crippen molar-refractivity contribution in [2.75, 3.05) is 5.32 Å². The summed E-state index contributed by atoms with van der Waals surface area (Å²) in [6.07, 6.45) is 1.61. The molecule has 1 aromatic heterocycles. The minimum Gasteiger partial charge on any atom is -0.365 e. The molecule has 0 fully saturated rings. The molecule has 1 unspecified atom stereocenters. The van der Waals surface area contributed by atoms with Gasteiger partial charge in [-0.15, -0.1) is 0 Å². The van der Waals surface area contributed by atoms with Crippen molar-refractivity contribution < 1.29 is 4.79 Å². The molecule has 0 aliphatic carbocycles. The maximum atomic E-state index is 11.3. The number of amides is 1. The minimum absolute atomic E-state index is 0.00901. The summed E-state index contributed by atoms with van der Waals surface area (Å²) in [5.74, 6) is -0.0173. The van der Waals surface area contributed by atoms with E-state index in [4.69, 9.17) is 17.3 Å². The summed E-state index contributed by atoms with van der Waals surface area (Å²) >= 11 is 5.85. The van der Waals surface area contributed by atoms with Gasteiger partial charge in [0.2, 0.25) is 0 Å². The molecule has 19 heavy (non-hydrogen) atoms. The predicted molar refractivity (Wildman–Crippen MR) is 76.2 cm³/mol. The molecule has 0 aliphatic heterocycles. The lowest BCUT2D eigenvalue weighted by molar-refractivity contribution is 0.100. The summed E-state index contributed by atoms with van der Waals surface area (Å²) in [5.41, 5.74) is 6.74. The second-order valence-corrected chi connectivity index (χ2v) is 4.62. The van der Waals surface area contributed by atoms with Crippen molar-refractivity contribution in [2.24, 2.45) is 5.73 Å². The van der Waals surface area contributed by atoms with E-state index in [9.17, 15) is 4.79 Å². The molecule has 1 atom stereocenters.